The maximum atomic E-state index is 11.2. The van der Waals surface area contributed by atoms with E-state index in [9.17, 15) is 4.79 Å². The number of hydrogen-bond donors (Lipinski definition) is 0. The molecule has 2 aromatic carbocycles. The molecule has 0 N–H and O–H groups in total. The molecule has 116 valence electrons. The summed E-state index contributed by atoms with van der Waals surface area (Å²) < 4.78 is 9.65. The van der Waals surface area contributed by atoms with Crippen LogP contribution in [0.25, 0.3) is 0 Å². The molecule has 2 rings (SSSR count). The second-order valence-corrected chi connectivity index (χ2v) is 6.03. The summed E-state index contributed by atoms with van der Waals surface area (Å²) in [5, 5.41) is 0. The fourth-order valence-corrected chi connectivity index (χ4v) is 2.42. The van der Waals surface area contributed by atoms with Crippen LogP contribution in [0, 0.1) is 13.8 Å². The first-order chi connectivity index (χ1) is 10.3. The molecule has 2 aromatic rings. The molecule has 3 nitrogen and oxygen atoms in total. The highest BCUT2D eigenvalue weighted by Crippen LogP contribution is 2.34. The van der Waals surface area contributed by atoms with E-state index in [0.717, 1.165) is 5.56 Å². The maximum absolute atomic E-state index is 11.2. The van der Waals surface area contributed by atoms with E-state index in [4.69, 9.17) is 4.74 Å². The first kappa shape index (κ1) is 16.1. The van der Waals surface area contributed by atoms with E-state index < -0.39 is 6.16 Å². The normalized spacial score (nSPS) is 11.1. The molecule has 3 heteroatoms. The van der Waals surface area contributed by atoms with Gasteiger partial charge in [-0.15, -0.1) is 0 Å². The summed E-state index contributed by atoms with van der Waals surface area (Å²) in [5.74, 6) is 0.523. The summed E-state index contributed by atoms with van der Waals surface area (Å²) in [6.07, 6.45) is -0.700. The topological polar surface area (TPSA) is 35.5 Å². The summed E-state index contributed by atoms with van der Waals surface area (Å²) in [6.45, 7) is 8.38. The van der Waals surface area contributed by atoms with Gasteiger partial charge in [0, 0.05) is 5.41 Å². The van der Waals surface area contributed by atoms with Crippen molar-refractivity contribution in [2.24, 2.45) is 0 Å². The van der Waals surface area contributed by atoms with Crippen LogP contribution in [0.5, 0.6) is 5.75 Å². The third-order valence-corrected chi connectivity index (χ3v) is 4.03. The minimum Gasteiger partial charge on any atom is -0.437 e. The molecule has 0 heterocycles. The molecule has 0 aromatic heterocycles. The van der Waals surface area contributed by atoms with E-state index in [1.165, 1.54) is 23.8 Å². The van der Waals surface area contributed by atoms with Gasteiger partial charge in [0.15, 0.2) is 0 Å². The van der Waals surface area contributed by atoms with Crippen LogP contribution < -0.4 is 4.74 Å². The van der Waals surface area contributed by atoms with Crippen LogP contribution in [0.3, 0.4) is 0 Å². The standard InChI is InChI=1S/C19H22O3/c1-13-6-8-15(9-7-13)19(3,4)16-10-11-17(14(2)12-16)22-18(20)21-5/h6-12H,1-5H3. The Balaban J connectivity index is 2.34. The van der Waals surface area contributed by atoms with Crippen molar-refractivity contribution in [2.75, 3.05) is 7.11 Å². The van der Waals surface area contributed by atoms with Crippen molar-refractivity contribution in [3.05, 3.63) is 64.7 Å². The van der Waals surface area contributed by atoms with Gasteiger partial charge in [0.25, 0.3) is 0 Å². The third kappa shape index (κ3) is 3.30. The number of methoxy groups -OCH3 is 1. The van der Waals surface area contributed by atoms with Crippen LogP contribution in [0.4, 0.5) is 4.79 Å². The quantitative estimate of drug-likeness (QED) is 0.604. The average Bonchev–Trinajstić information content (AvgIpc) is 2.49. The Kier molecular flexibility index (Phi) is 4.55. The number of rotatable bonds is 3. The van der Waals surface area contributed by atoms with Gasteiger partial charge in [0.1, 0.15) is 5.75 Å². The molecule has 0 fully saturated rings. The summed E-state index contributed by atoms with van der Waals surface area (Å²) in [6, 6.07) is 14.4. The molecule has 0 amide bonds. The van der Waals surface area contributed by atoms with Gasteiger partial charge in [0.2, 0.25) is 0 Å². The predicted molar refractivity (Wildman–Crippen MR) is 87.5 cm³/mol. The molecular weight excluding hydrogens is 276 g/mol. The number of hydrogen-bond acceptors (Lipinski definition) is 3. The molecule has 0 bridgehead atoms. The summed E-state index contributed by atoms with van der Waals surface area (Å²) in [4.78, 5) is 11.2. The van der Waals surface area contributed by atoms with E-state index in [1.54, 1.807) is 0 Å². The van der Waals surface area contributed by atoms with Crippen LogP contribution in [0.15, 0.2) is 42.5 Å². The molecule has 0 aliphatic rings. The van der Waals surface area contributed by atoms with Gasteiger partial charge in [-0.25, -0.2) is 4.79 Å². The Hall–Kier alpha value is -2.29. The SMILES string of the molecule is COC(=O)Oc1ccc(C(C)(C)c2ccc(C)cc2)cc1C. The number of benzene rings is 2. The molecular formula is C19H22O3. The van der Waals surface area contributed by atoms with Crippen LogP contribution in [-0.4, -0.2) is 13.3 Å². The van der Waals surface area contributed by atoms with Crippen molar-refractivity contribution < 1.29 is 14.3 Å². The van der Waals surface area contributed by atoms with Gasteiger partial charge in [-0.2, -0.15) is 0 Å². The van der Waals surface area contributed by atoms with E-state index in [1.807, 2.05) is 19.1 Å². The van der Waals surface area contributed by atoms with Gasteiger partial charge < -0.3 is 9.47 Å². The van der Waals surface area contributed by atoms with E-state index >= 15 is 0 Å². The van der Waals surface area contributed by atoms with Crippen molar-refractivity contribution in [2.45, 2.75) is 33.1 Å². The largest absolute Gasteiger partial charge is 0.513 e. The zero-order chi connectivity index (χ0) is 16.3. The molecule has 0 saturated heterocycles. The van der Waals surface area contributed by atoms with E-state index in [0.29, 0.717) is 5.75 Å². The number of carbonyl (C=O) groups excluding carboxylic acids is 1. The van der Waals surface area contributed by atoms with Crippen LogP contribution in [0.1, 0.15) is 36.1 Å². The van der Waals surface area contributed by atoms with Crippen molar-refractivity contribution in [3.8, 4) is 5.75 Å². The predicted octanol–water partition coefficient (Wildman–Crippen LogP) is 4.77. The fraction of sp³-hybridized carbons (Fsp3) is 0.316. The van der Waals surface area contributed by atoms with Crippen LogP contribution >= 0.6 is 0 Å². The van der Waals surface area contributed by atoms with Crippen molar-refractivity contribution >= 4 is 6.16 Å². The lowest BCUT2D eigenvalue weighted by Crippen LogP contribution is -2.19. The number of ether oxygens (including phenoxy) is 2. The minimum atomic E-state index is -0.700. The van der Waals surface area contributed by atoms with E-state index in [2.05, 4.69) is 55.8 Å². The maximum Gasteiger partial charge on any atom is 0.513 e. The lowest BCUT2D eigenvalue weighted by atomic mass is 9.77. The van der Waals surface area contributed by atoms with Crippen LogP contribution in [0.2, 0.25) is 0 Å². The second kappa shape index (κ2) is 6.22. The highest BCUT2D eigenvalue weighted by Gasteiger charge is 2.23. The molecule has 0 saturated carbocycles. The molecule has 0 aliphatic carbocycles. The zero-order valence-electron chi connectivity index (χ0n) is 13.8. The van der Waals surface area contributed by atoms with Gasteiger partial charge in [-0.3, -0.25) is 0 Å². The van der Waals surface area contributed by atoms with Gasteiger partial charge in [0.05, 0.1) is 7.11 Å². The summed E-state index contributed by atoms with van der Waals surface area (Å²) in [7, 11) is 1.30. The third-order valence-electron chi connectivity index (χ3n) is 4.03. The fourth-order valence-electron chi connectivity index (χ4n) is 2.42. The summed E-state index contributed by atoms with van der Waals surface area (Å²) in [5.41, 5.74) is 4.45. The van der Waals surface area contributed by atoms with Crippen molar-refractivity contribution in [1.82, 2.24) is 0 Å². The molecule has 0 radical (unpaired) electrons. The average molecular weight is 298 g/mol. The van der Waals surface area contributed by atoms with Gasteiger partial charge >= 0.3 is 6.16 Å². The lowest BCUT2D eigenvalue weighted by Gasteiger charge is -2.27. The zero-order valence-corrected chi connectivity index (χ0v) is 13.8. The number of aryl methyl sites for hydroxylation is 2. The van der Waals surface area contributed by atoms with Crippen LogP contribution in [-0.2, 0) is 10.2 Å². The van der Waals surface area contributed by atoms with Gasteiger partial charge in [-0.1, -0.05) is 55.8 Å². The second-order valence-electron chi connectivity index (χ2n) is 6.03. The van der Waals surface area contributed by atoms with Crippen molar-refractivity contribution in [1.29, 1.82) is 0 Å². The molecule has 0 spiro atoms. The number of carbonyl (C=O) groups is 1. The Bertz CT molecular complexity index is 670. The Morgan fingerprint density at radius 2 is 1.55 bits per heavy atom. The molecule has 0 unspecified atom stereocenters. The Morgan fingerprint density at radius 3 is 2.09 bits per heavy atom. The monoisotopic (exact) mass is 298 g/mol. The first-order valence-corrected chi connectivity index (χ1v) is 7.28. The Labute approximate surface area is 131 Å². The van der Waals surface area contributed by atoms with Crippen molar-refractivity contribution in [3.63, 3.8) is 0 Å². The van der Waals surface area contributed by atoms with E-state index in [-0.39, 0.29) is 5.41 Å². The first-order valence-electron chi connectivity index (χ1n) is 7.28. The lowest BCUT2D eigenvalue weighted by molar-refractivity contribution is 0.121. The molecule has 0 atom stereocenters. The minimum absolute atomic E-state index is 0.123. The van der Waals surface area contributed by atoms with Gasteiger partial charge in [-0.05, 0) is 36.6 Å². The highest BCUT2D eigenvalue weighted by atomic mass is 16.7. The molecule has 0 aliphatic heterocycles. The smallest absolute Gasteiger partial charge is 0.437 e. The molecule has 22 heavy (non-hydrogen) atoms. The highest BCUT2D eigenvalue weighted by molar-refractivity contribution is 5.64. The summed E-state index contributed by atoms with van der Waals surface area (Å²) >= 11 is 0. The Morgan fingerprint density at radius 1 is 0.955 bits per heavy atom.